The number of amides is 1. The lowest BCUT2D eigenvalue weighted by molar-refractivity contribution is -0.171. The molecule has 1 amide bonds. The number of aryl methyl sites for hydroxylation is 1. The number of aromatic amines is 1. The second-order valence-electron chi connectivity index (χ2n) is 5.69. The fourth-order valence-corrected chi connectivity index (χ4v) is 2.88. The molecule has 1 aromatic heterocycles. The van der Waals surface area contributed by atoms with E-state index in [1.807, 2.05) is 19.1 Å². The molecule has 0 spiro atoms. The summed E-state index contributed by atoms with van der Waals surface area (Å²) in [5.41, 5.74) is 2.49. The van der Waals surface area contributed by atoms with E-state index in [4.69, 9.17) is 16.3 Å². The number of carbonyl (C=O) groups excluding carboxylic acids is 1. The van der Waals surface area contributed by atoms with Crippen LogP contribution in [0, 0.1) is 0 Å². The number of carbonyl (C=O) groups is 1. The van der Waals surface area contributed by atoms with E-state index in [9.17, 15) is 4.79 Å². The molecule has 0 radical (unpaired) electrons. The minimum atomic E-state index is -0.648. The van der Waals surface area contributed by atoms with Gasteiger partial charge in [0.1, 0.15) is 5.60 Å². The Bertz CT molecular complexity index is 689. The summed E-state index contributed by atoms with van der Waals surface area (Å²) in [5, 5.41) is 4.77. The minimum Gasteiger partial charge on any atom is -0.365 e. The summed E-state index contributed by atoms with van der Waals surface area (Å²) < 4.78 is 5.33. The number of nitrogens with one attached hydrogen (secondary N) is 2. The molecule has 5 heteroatoms. The molecule has 2 aromatic rings. The maximum Gasteiger partial charge on any atom is 0.252 e. The van der Waals surface area contributed by atoms with Crippen LogP contribution in [0.5, 0.6) is 0 Å². The molecule has 2 heterocycles. The van der Waals surface area contributed by atoms with Crippen molar-refractivity contribution in [3.63, 3.8) is 0 Å². The van der Waals surface area contributed by atoms with E-state index in [0.29, 0.717) is 13.2 Å². The summed E-state index contributed by atoms with van der Waals surface area (Å²) in [6, 6.07) is 6.05. The number of benzene rings is 1. The zero-order valence-electron chi connectivity index (χ0n) is 12.3. The largest absolute Gasteiger partial charge is 0.365 e. The lowest BCUT2D eigenvalue weighted by Crippen LogP contribution is -2.53. The SMILES string of the molecule is CCc1cc2[nH]c(CNC(=O)C3(C)CCO3)cc2cc1Cl. The van der Waals surface area contributed by atoms with Crippen molar-refractivity contribution in [3.05, 3.63) is 34.5 Å². The molecule has 4 nitrogen and oxygen atoms in total. The fourth-order valence-electron chi connectivity index (χ4n) is 2.57. The van der Waals surface area contributed by atoms with Crippen LogP contribution < -0.4 is 5.32 Å². The van der Waals surface area contributed by atoms with Crippen molar-refractivity contribution >= 4 is 28.4 Å². The zero-order valence-corrected chi connectivity index (χ0v) is 13.0. The van der Waals surface area contributed by atoms with Crippen molar-refractivity contribution in [3.8, 4) is 0 Å². The third-order valence-electron chi connectivity index (χ3n) is 4.14. The maximum absolute atomic E-state index is 12.0. The summed E-state index contributed by atoms with van der Waals surface area (Å²) in [7, 11) is 0. The molecule has 0 saturated carbocycles. The van der Waals surface area contributed by atoms with Crippen molar-refractivity contribution in [2.45, 2.75) is 38.8 Å². The van der Waals surface area contributed by atoms with Gasteiger partial charge in [0.25, 0.3) is 5.91 Å². The molecular weight excluding hydrogens is 288 g/mol. The zero-order chi connectivity index (χ0) is 15.0. The van der Waals surface area contributed by atoms with Crippen molar-refractivity contribution in [2.24, 2.45) is 0 Å². The van der Waals surface area contributed by atoms with Crippen LogP contribution in [0.15, 0.2) is 18.2 Å². The van der Waals surface area contributed by atoms with E-state index in [1.54, 1.807) is 0 Å². The second kappa shape index (κ2) is 5.35. The van der Waals surface area contributed by atoms with Gasteiger partial charge >= 0.3 is 0 Å². The van der Waals surface area contributed by atoms with Gasteiger partial charge in [-0.1, -0.05) is 18.5 Å². The van der Waals surface area contributed by atoms with Crippen molar-refractivity contribution in [2.75, 3.05) is 6.61 Å². The highest BCUT2D eigenvalue weighted by Crippen LogP contribution is 2.27. The van der Waals surface area contributed by atoms with Crippen LogP contribution in [0.3, 0.4) is 0 Å². The Hall–Kier alpha value is -1.52. The summed E-state index contributed by atoms with van der Waals surface area (Å²) in [5.74, 6) is -0.0558. The van der Waals surface area contributed by atoms with Gasteiger partial charge in [-0.3, -0.25) is 4.79 Å². The van der Waals surface area contributed by atoms with Gasteiger partial charge < -0.3 is 15.0 Å². The summed E-state index contributed by atoms with van der Waals surface area (Å²) in [6.45, 7) is 5.03. The predicted molar refractivity (Wildman–Crippen MR) is 83.5 cm³/mol. The highest BCUT2D eigenvalue weighted by atomic mass is 35.5. The summed E-state index contributed by atoms with van der Waals surface area (Å²) in [4.78, 5) is 15.3. The molecule has 3 rings (SSSR count). The van der Waals surface area contributed by atoms with Gasteiger partial charge in [-0.05, 0) is 37.1 Å². The molecule has 1 fully saturated rings. The number of hydrogen-bond acceptors (Lipinski definition) is 2. The third-order valence-corrected chi connectivity index (χ3v) is 4.50. The number of fused-ring (bicyclic) bond motifs is 1. The smallest absolute Gasteiger partial charge is 0.252 e. The van der Waals surface area contributed by atoms with Gasteiger partial charge in [-0.15, -0.1) is 0 Å². The standard InChI is InChI=1S/C16H19ClN2O2/c1-3-10-8-14-11(7-13(10)17)6-12(19-14)9-18-15(20)16(2)4-5-21-16/h6-8,19H,3-5,9H2,1-2H3,(H,18,20). The number of halogens is 1. The van der Waals surface area contributed by atoms with Gasteiger partial charge in [0, 0.05) is 28.0 Å². The first kappa shape index (κ1) is 14.4. The highest BCUT2D eigenvalue weighted by molar-refractivity contribution is 6.32. The number of ether oxygens (including phenoxy) is 1. The molecule has 1 aliphatic rings. The molecule has 1 aromatic carbocycles. The molecule has 1 atom stereocenters. The van der Waals surface area contributed by atoms with Crippen LogP contribution in [-0.4, -0.2) is 23.1 Å². The molecule has 1 saturated heterocycles. The van der Waals surface area contributed by atoms with E-state index in [-0.39, 0.29) is 5.91 Å². The molecule has 0 aliphatic carbocycles. The van der Waals surface area contributed by atoms with Crippen LogP contribution in [0.2, 0.25) is 5.02 Å². The van der Waals surface area contributed by atoms with Crippen LogP contribution in [0.25, 0.3) is 10.9 Å². The molecule has 21 heavy (non-hydrogen) atoms. The molecular formula is C16H19ClN2O2. The maximum atomic E-state index is 12.0. The number of hydrogen-bond donors (Lipinski definition) is 2. The Balaban J connectivity index is 1.74. The first-order chi connectivity index (χ1) is 10.0. The quantitative estimate of drug-likeness (QED) is 0.911. The van der Waals surface area contributed by atoms with E-state index in [1.165, 1.54) is 0 Å². The van der Waals surface area contributed by atoms with Gasteiger partial charge in [-0.2, -0.15) is 0 Å². The predicted octanol–water partition coefficient (Wildman–Crippen LogP) is 3.18. The molecule has 0 bridgehead atoms. The van der Waals surface area contributed by atoms with Crippen LogP contribution in [0.4, 0.5) is 0 Å². The Morgan fingerprint density at radius 2 is 2.24 bits per heavy atom. The lowest BCUT2D eigenvalue weighted by atomic mass is 9.96. The second-order valence-corrected chi connectivity index (χ2v) is 6.10. The highest BCUT2D eigenvalue weighted by Gasteiger charge is 2.40. The Morgan fingerprint density at radius 1 is 1.48 bits per heavy atom. The third kappa shape index (κ3) is 2.65. The Kier molecular flexibility index (Phi) is 3.68. The average Bonchev–Trinajstić information content (AvgIpc) is 2.82. The molecule has 1 unspecified atom stereocenters. The number of aromatic nitrogens is 1. The van der Waals surface area contributed by atoms with Gasteiger partial charge in [-0.25, -0.2) is 0 Å². The van der Waals surface area contributed by atoms with E-state index in [0.717, 1.165) is 40.0 Å². The van der Waals surface area contributed by atoms with E-state index >= 15 is 0 Å². The summed E-state index contributed by atoms with van der Waals surface area (Å²) >= 11 is 6.23. The van der Waals surface area contributed by atoms with Crippen molar-refractivity contribution in [1.29, 1.82) is 0 Å². The first-order valence-electron chi connectivity index (χ1n) is 7.24. The van der Waals surface area contributed by atoms with Crippen LogP contribution in [0.1, 0.15) is 31.5 Å². The fraction of sp³-hybridized carbons (Fsp3) is 0.438. The first-order valence-corrected chi connectivity index (χ1v) is 7.62. The topological polar surface area (TPSA) is 54.1 Å². The van der Waals surface area contributed by atoms with Crippen molar-refractivity contribution in [1.82, 2.24) is 10.3 Å². The van der Waals surface area contributed by atoms with Gasteiger partial charge in [0.2, 0.25) is 0 Å². The van der Waals surface area contributed by atoms with E-state index < -0.39 is 5.60 Å². The van der Waals surface area contributed by atoms with Crippen LogP contribution in [-0.2, 0) is 22.5 Å². The number of H-pyrrole nitrogens is 1. The summed E-state index contributed by atoms with van der Waals surface area (Å²) in [6.07, 6.45) is 1.68. The molecule has 2 N–H and O–H groups in total. The average molecular weight is 307 g/mol. The van der Waals surface area contributed by atoms with Gasteiger partial charge in [0.05, 0.1) is 13.2 Å². The molecule has 112 valence electrons. The van der Waals surface area contributed by atoms with Gasteiger partial charge in [0.15, 0.2) is 0 Å². The molecule has 1 aliphatic heterocycles. The Morgan fingerprint density at radius 3 is 2.86 bits per heavy atom. The normalized spacial score (nSPS) is 21.3. The lowest BCUT2D eigenvalue weighted by Gasteiger charge is -2.36. The number of rotatable bonds is 4. The Labute approximate surface area is 128 Å². The van der Waals surface area contributed by atoms with E-state index in [2.05, 4.69) is 23.3 Å². The van der Waals surface area contributed by atoms with Crippen molar-refractivity contribution < 1.29 is 9.53 Å². The monoisotopic (exact) mass is 306 g/mol. The minimum absolute atomic E-state index is 0.0558. The van der Waals surface area contributed by atoms with Crippen LogP contribution >= 0.6 is 11.6 Å².